The van der Waals surface area contributed by atoms with Crippen molar-refractivity contribution >= 4 is 11.6 Å². The molecule has 0 amide bonds. The molecule has 0 aliphatic carbocycles. The van der Waals surface area contributed by atoms with Crippen molar-refractivity contribution in [1.29, 1.82) is 0 Å². The number of aliphatic hydroxyl groups is 1. The second-order valence-corrected chi connectivity index (χ2v) is 4.29. The normalized spacial score (nSPS) is 10.3. The Morgan fingerprint density at radius 2 is 1.84 bits per heavy atom. The minimum atomic E-state index is -0.167. The van der Waals surface area contributed by atoms with Crippen LogP contribution >= 0.6 is 11.6 Å². The van der Waals surface area contributed by atoms with Crippen LogP contribution in [0.4, 0.5) is 0 Å². The van der Waals surface area contributed by atoms with E-state index in [4.69, 9.17) is 21.1 Å². The maximum Gasteiger partial charge on any atom is 0.134 e. The molecule has 2 aromatic rings. The highest BCUT2D eigenvalue weighted by atomic mass is 35.5. The van der Waals surface area contributed by atoms with Crippen LogP contribution in [0.2, 0.25) is 5.02 Å². The zero-order valence-corrected chi connectivity index (χ0v) is 11.4. The first-order chi connectivity index (χ1) is 9.24. The van der Waals surface area contributed by atoms with Crippen LogP contribution in [0.5, 0.6) is 17.2 Å². The van der Waals surface area contributed by atoms with Crippen LogP contribution in [0.15, 0.2) is 42.5 Å². The first-order valence-electron chi connectivity index (χ1n) is 6.03. The first-order valence-corrected chi connectivity index (χ1v) is 6.41. The zero-order chi connectivity index (χ0) is 13.7. The number of aliphatic hydroxyl groups excluding tert-OH is 1. The van der Waals surface area contributed by atoms with Gasteiger partial charge in [0.2, 0.25) is 0 Å². The summed E-state index contributed by atoms with van der Waals surface area (Å²) in [7, 11) is 0. The maximum absolute atomic E-state index is 9.33. The first kappa shape index (κ1) is 13.7. The largest absolute Gasteiger partial charge is 0.494 e. The molecule has 0 saturated heterocycles. The van der Waals surface area contributed by atoms with Crippen LogP contribution in [0, 0.1) is 0 Å². The third-order valence-corrected chi connectivity index (χ3v) is 2.93. The molecule has 0 aliphatic rings. The van der Waals surface area contributed by atoms with E-state index in [1.54, 1.807) is 24.3 Å². The van der Waals surface area contributed by atoms with E-state index >= 15 is 0 Å². The van der Waals surface area contributed by atoms with Gasteiger partial charge in [0.05, 0.1) is 13.2 Å². The molecule has 0 aromatic heterocycles. The van der Waals surface area contributed by atoms with E-state index in [1.807, 2.05) is 25.1 Å². The van der Waals surface area contributed by atoms with Gasteiger partial charge < -0.3 is 14.6 Å². The third kappa shape index (κ3) is 3.40. The molecule has 0 aliphatic heterocycles. The smallest absolute Gasteiger partial charge is 0.134 e. The van der Waals surface area contributed by atoms with Crippen molar-refractivity contribution in [3.63, 3.8) is 0 Å². The Morgan fingerprint density at radius 1 is 1.11 bits per heavy atom. The average Bonchev–Trinajstić information content (AvgIpc) is 2.40. The van der Waals surface area contributed by atoms with E-state index in [2.05, 4.69) is 0 Å². The predicted molar refractivity (Wildman–Crippen MR) is 75.1 cm³/mol. The summed E-state index contributed by atoms with van der Waals surface area (Å²) in [6.07, 6.45) is 0. The molecule has 2 aromatic carbocycles. The molecule has 0 fully saturated rings. The minimum Gasteiger partial charge on any atom is -0.494 e. The van der Waals surface area contributed by atoms with Gasteiger partial charge in [-0.1, -0.05) is 23.7 Å². The highest BCUT2D eigenvalue weighted by molar-refractivity contribution is 6.31. The molecule has 0 bridgehead atoms. The summed E-state index contributed by atoms with van der Waals surface area (Å²) < 4.78 is 11.2. The summed E-state index contributed by atoms with van der Waals surface area (Å²) in [5.41, 5.74) is 0.575. The Bertz CT molecular complexity index is 555. The topological polar surface area (TPSA) is 38.7 Å². The Balaban J connectivity index is 2.26. The van der Waals surface area contributed by atoms with E-state index < -0.39 is 0 Å². The molecule has 2 rings (SSSR count). The van der Waals surface area contributed by atoms with Crippen LogP contribution in [0.1, 0.15) is 12.5 Å². The van der Waals surface area contributed by atoms with E-state index in [0.29, 0.717) is 28.7 Å². The summed E-state index contributed by atoms with van der Waals surface area (Å²) in [4.78, 5) is 0. The highest BCUT2D eigenvalue weighted by Gasteiger charge is 2.08. The number of hydrogen-bond acceptors (Lipinski definition) is 3. The van der Waals surface area contributed by atoms with Gasteiger partial charge in [0.1, 0.15) is 17.2 Å². The molecule has 0 unspecified atom stereocenters. The second-order valence-electron chi connectivity index (χ2n) is 3.88. The summed E-state index contributed by atoms with van der Waals surface area (Å²) in [6, 6.07) is 12.6. The van der Waals surface area contributed by atoms with E-state index in [0.717, 1.165) is 5.75 Å². The van der Waals surface area contributed by atoms with E-state index in [1.165, 1.54) is 0 Å². The minimum absolute atomic E-state index is 0.167. The Hall–Kier alpha value is -1.71. The van der Waals surface area contributed by atoms with Gasteiger partial charge in [-0.25, -0.2) is 0 Å². The zero-order valence-electron chi connectivity index (χ0n) is 10.6. The number of rotatable bonds is 5. The van der Waals surface area contributed by atoms with Crippen LogP contribution in [0.25, 0.3) is 0 Å². The number of hydrogen-bond donors (Lipinski definition) is 1. The Labute approximate surface area is 117 Å². The fourth-order valence-electron chi connectivity index (χ4n) is 1.71. The van der Waals surface area contributed by atoms with E-state index in [-0.39, 0.29) is 6.61 Å². The maximum atomic E-state index is 9.33. The van der Waals surface area contributed by atoms with Gasteiger partial charge in [-0.05, 0) is 31.2 Å². The molecule has 19 heavy (non-hydrogen) atoms. The SMILES string of the molecule is CCOc1cccc(Oc2cccc(Cl)c2CO)c1. The summed E-state index contributed by atoms with van der Waals surface area (Å²) in [6.45, 7) is 2.36. The molecule has 3 nitrogen and oxygen atoms in total. The number of ether oxygens (including phenoxy) is 2. The number of benzene rings is 2. The van der Waals surface area contributed by atoms with Crippen molar-refractivity contribution in [3.05, 3.63) is 53.1 Å². The summed E-state index contributed by atoms with van der Waals surface area (Å²) >= 11 is 6.01. The van der Waals surface area contributed by atoms with Crippen LogP contribution in [-0.4, -0.2) is 11.7 Å². The van der Waals surface area contributed by atoms with Gasteiger partial charge in [0.25, 0.3) is 0 Å². The fourth-order valence-corrected chi connectivity index (χ4v) is 1.93. The summed E-state index contributed by atoms with van der Waals surface area (Å²) in [5.74, 6) is 1.93. The van der Waals surface area contributed by atoms with Crippen LogP contribution in [-0.2, 0) is 6.61 Å². The lowest BCUT2D eigenvalue weighted by Crippen LogP contribution is -1.94. The molecule has 0 saturated carbocycles. The molecular formula is C15H15ClO3. The third-order valence-electron chi connectivity index (χ3n) is 2.58. The molecular weight excluding hydrogens is 264 g/mol. The van der Waals surface area contributed by atoms with Gasteiger partial charge in [-0.3, -0.25) is 0 Å². The lowest BCUT2D eigenvalue weighted by molar-refractivity contribution is 0.276. The monoisotopic (exact) mass is 278 g/mol. The van der Waals surface area contributed by atoms with Gasteiger partial charge in [0, 0.05) is 16.7 Å². The molecule has 100 valence electrons. The second kappa shape index (κ2) is 6.45. The Morgan fingerprint density at radius 3 is 2.58 bits per heavy atom. The quantitative estimate of drug-likeness (QED) is 0.898. The molecule has 4 heteroatoms. The van der Waals surface area contributed by atoms with Crippen molar-refractivity contribution in [2.24, 2.45) is 0 Å². The molecule has 0 radical (unpaired) electrons. The predicted octanol–water partition coefficient (Wildman–Crippen LogP) is 4.02. The molecule has 0 heterocycles. The van der Waals surface area contributed by atoms with Crippen molar-refractivity contribution in [2.75, 3.05) is 6.61 Å². The van der Waals surface area contributed by atoms with Crippen LogP contribution < -0.4 is 9.47 Å². The summed E-state index contributed by atoms with van der Waals surface area (Å²) in [5, 5.41) is 9.81. The van der Waals surface area contributed by atoms with Gasteiger partial charge in [-0.15, -0.1) is 0 Å². The van der Waals surface area contributed by atoms with Gasteiger partial charge >= 0.3 is 0 Å². The highest BCUT2D eigenvalue weighted by Crippen LogP contribution is 2.31. The lowest BCUT2D eigenvalue weighted by atomic mass is 10.2. The molecule has 0 atom stereocenters. The van der Waals surface area contributed by atoms with Crippen molar-refractivity contribution in [1.82, 2.24) is 0 Å². The van der Waals surface area contributed by atoms with Crippen molar-refractivity contribution < 1.29 is 14.6 Å². The molecule has 0 spiro atoms. The fraction of sp³-hybridized carbons (Fsp3) is 0.200. The average molecular weight is 279 g/mol. The standard InChI is InChI=1S/C15H15ClO3/c1-2-18-11-5-3-6-12(9-11)19-15-8-4-7-14(16)13(15)10-17/h3-9,17H,2,10H2,1H3. The van der Waals surface area contributed by atoms with E-state index in [9.17, 15) is 5.11 Å². The van der Waals surface area contributed by atoms with Crippen molar-refractivity contribution in [3.8, 4) is 17.2 Å². The number of halogens is 1. The Kier molecular flexibility index (Phi) is 4.66. The molecule has 1 N–H and O–H groups in total. The van der Waals surface area contributed by atoms with Gasteiger partial charge in [-0.2, -0.15) is 0 Å². The van der Waals surface area contributed by atoms with Gasteiger partial charge in [0.15, 0.2) is 0 Å². The lowest BCUT2D eigenvalue weighted by Gasteiger charge is -2.12. The van der Waals surface area contributed by atoms with Crippen LogP contribution in [0.3, 0.4) is 0 Å². The van der Waals surface area contributed by atoms with Crippen molar-refractivity contribution in [2.45, 2.75) is 13.5 Å².